The van der Waals surface area contributed by atoms with Crippen molar-refractivity contribution >= 4 is 6.29 Å². The lowest BCUT2D eigenvalue weighted by Crippen LogP contribution is -2.56. The SMILES string of the molecule is CCCCOCC1C(OCCCC)CCC(CC=O)N1Cc1ccccc1. The quantitative estimate of drug-likeness (QED) is 0.373. The van der Waals surface area contributed by atoms with Gasteiger partial charge in [0, 0.05) is 32.2 Å². The molecule has 0 amide bonds. The summed E-state index contributed by atoms with van der Waals surface area (Å²) in [5.74, 6) is 0. The molecule has 1 aliphatic heterocycles. The van der Waals surface area contributed by atoms with Crippen molar-refractivity contribution in [3.63, 3.8) is 0 Å². The maximum absolute atomic E-state index is 11.3. The molecule has 0 saturated carbocycles. The maximum Gasteiger partial charge on any atom is 0.121 e. The summed E-state index contributed by atoms with van der Waals surface area (Å²) in [6, 6.07) is 11.0. The van der Waals surface area contributed by atoms with Crippen molar-refractivity contribution < 1.29 is 14.3 Å². The molecule has 0 aliphatic carbocycles. The molecular weight excluding hydrogens is 338 g/mol. The zero-order valence-corrected chi connectivity index (χ0v) is 17.1. The van der Waals surface area contributed by atoms with Crippen LogP contribution in [-0.4, -0.2) is 49.2 Å². The van der Waals surface area contributed by atoms with Crippen molar-refractivity contribution in [3.8, 4) is 0 Å². The molecule has 4 heteroatoms. The molecule has 1 fully saturated rings. The number of unbranched alkanes of at least 4 members (excludes halogenated alkanes) is 2. The van der Waals surface area contributed by atoms with Gasteiger partial charge in [-0.1, -0.05) is 57.0 Å². The van der Waals surface area contributed by atoms with Crippen LogP contribution in [-0.2, 0) is 20.8 Å². The summed E-state index contributed by atoms with van der Waals surface area (Å²) in [5.41, 5.74) is 1.28. The zero-order valence-electron chi connectivity index (χ0n) is 17.1. The van der Waals surface area contributed by atoms with Crippen LogP contribution in [0.15, 0.2) is 30.3 Å². The van der Waals surface area contributed by atoms with E-state index in [0.29, 0.717) is 13.0 Å². The largest absolute Gasteiger partial charge is 0.380 e. The molecule has 0 spiro atoms. The van der Waals surface area contributed by atoms with Gasteiger partial charge in [0.05, 0.1) is 18.8 Å². The smallest absolute Gasteiger partial charge is 0.121 e. The molecule has 152 valence electrons. The van der Waals surface area contributed by atoms with Crippen molar-refractivity contribution in [3.05, 3.63) is 35.9 Å². The Morgan fingerprint density at radius 3 is 2.52 bits per heavy atom. The molecule has 0 radical (unpaired) electrons. The van der Waals surface area contributed by atoms with E-state index in [9.17, 15) is 4.79 Å². The molecule has 1 heterocycles. The summed E-state index contributed by atoms with van der Waals surface area (Å²) in [4.78, 5) is 13.7. The highest BCUT2D eigenvalue weighted by Crippen LogP contribution is 2.29. The lowest BCUT2D eigenvalue weighted by atomic mass is 9.90. The summed E-state index contributed by atoms with van der Waals surface area (Å²) >= 11 is 0. The Kier molecular flexibility index (Phi) is 10.6. The van der Waals surface area contributed by atoms with Crippen molar-refractivity contribution in [2.45, 2.75) is 83.5 Å². The third-order valence-corrected chi connectivity index (χ3v) is 5.45. The Hall–Kier alpha value is -1.23. The molecule has 1 aromatic rings. The number of nitrogens with zero attached hydrogens (tertiary/aromatic N) is 1. The molecule has 3 atom stereocenters. The van der Waals surface area contributed by atoms with Gasteiger partial charge in [-0.2, -0.15) is 0 Å². The number of ether oxygens (including phenoxy) is 2. The normalized spacial score (nSPS) is 23.4. The molecule has 0 N–H and O–H groups in total. The second-order valence-corrected chi connectivity index (χ2v) is 7.55. The fraction of sp³-hybridized carbons (Fsp3) is 0.696. The van der Waals surface area contributed by atoms with Gasteiger partial charge in [-0.15, -0.1) is 0 Å². The molecule has 4 nitrogen and oxygen atoms in total. The Morgan fingerprint density at radius 1 is 1.07 bits per heavy atom. The monoisotopic (exact) mass is 375 g/mol. The van der Waals surface area contributed by atoms with Gasteiger partial charge in [0.2, 0.25) is 0 Å². The summed E-state index contributed by atoms with van der Waals surface area (Å²) in [6.45, 7) is 7.50. The number of carbonyl (C=O) groups excluding carboxylic acids is 1. The average molecular weight is 376 g/mol. The van der Waals surface area contributed by atoms with Crippen LogP contribution in [0.2, 0.25) is 0 Å². The minimum atomic E-state index is 0.185. The molecule has 0 bridgehead atoms. The Morgan fingerprint density at radius 2 is 1.81 bits per heavy atom. The highest BCUT2D eigenvalue weighted by atomic mass is 16.5. The number of piperidine rings is 1. The second-order valence-electron chi connectivity index (χ2n) is 7.55. The number of hydrogen-bond acceptors (Lipinski definition) is 4. The third-order valence-electron chi connectivity index (χ3n) is 5.45. The van der Waals surface area contributed by atoms with Crippen LogP contribution in [0, 0.1) is 0 Å². The number of hydrogen-bond donors (Lipinski definition) is 0. The predicted molar refractivity (Wildman–Crippen MR) is 110 cm³/mol. The molecule has 3 unspecified atom stereocenters. The third kappa shape index (κ3) is 7.36. The van der Waals surface area contributed by atoms with Gasteiger partial charge in [-0.05, 0) is 31.2 Å². The first kappa shape index (κ1) is 22.1. The van der Waals surface area contributed by atoms with Crippen LogP contribution in [0.25, 0.3) is 0 Å². The zero-order chi connectivity index (χ0) is 19.3. The first-order chi connectivity index (χ1) is 13.3. The first-order valence-electron chi connectivity index (χ1n) is 10.7. The van der Waals surface area contributed by atoms with Crippen LogP contribution in [0.5, 0.6) is 0 Å². The molecule has 2 rings (SSSR count). The molecule has 1 aromatic carbocycles. The maximum atomic E-state index is 11.3. The lowest BCUT2D eigenvalue weighted by Gasteiger charge is -2.46. The molecule has 1 saturated heterocycles. The Balaban J connectivity index is 2.12. The van der Waals surface area contributed by atoms with Crippen molar-refractivity contribution in [2.75, 3.05) is 19.8 Å². The summed E-state index contributed by atoms with van der Waals surface area (Å²) in [7, 11) is 0. The fourth-order valence-corrected chi connectivity index (χ4v) is 3.83. The Bertz CT molecular complexity index is 508. The highest BCUT2D eigenvalue weighted by Gasteiger charge is 2.37. The number of carbonyl (C=O) groups is 1. The van der Waals surface area contributed by atoms with Gasteiger partial charge >= 0.3 is 0 Å². The van der Waals surface area contributed by atoms with Gasteiger partial charge in [0.15, 0.2) is 0 Å². The number of benzene rings is 1. The lowest BCUT2D eigenvalue weighted by molar-refractivity contribution is -0.115. The van der Waals surface area contributed by atoms with Crippen LogP contribution < -0.4 is 0 Å². The first-order valence-corrected chi connectivity index (χ1v) is 10.7. The molecule has 27 heavy (non-hydrogen) atoms. The number of rotatable bonds is 13. The van der Waals surface area contributed by atoms with E-state index < -0.39 is 0 Å². The predicted octanol–water partition coefficient (Wildman–Crippen LogP) is 4.61. The van der Waals surface area contributed by atoms with Gasteiger partial charge in [0.25, 0.3) is 0 Å². The van der Waals surface area contributed by atoms with E-state index in [4.69, 9.17) is 9.47 Å². The van der Waals surface area contributed by atoms with Gasteiger partial charge in [-0.25, -0.2) is 0 Å². The standard InChI is InChI=1S/C23H37NO3/c1-3-5-16-26-19-22-23(27-17-6-4-2)13-12-21(14-15-25)24(22)18-20-10-8-7-9-11-20/h7-11,15,21-23H,3-6,12-14,16-19H2,1-2H3. The summed E-state index contributed by atoms with van der Waals surface area (Å²) in [5, 5.41) is 0. The van der Waals surface area contributed by atoms with E-state index in [-0.39, 0.29) is 18.2 Å². The average Bonchev–Trinajstić information content (AvgIpc) is 2.69. The van der Waals surface area contributed by atoms with E-state index in [1.54, 1.807) is 0 Å². The van der Waals surface area contributed by atoms with E-state index in [0.717, 1.165) is 64.6 Å². The van der Waals surface area contributed by atoms with E-state index in [1.807, 2.05) is 6.07 Å². The summed E-state index contributed by atoms with van der Waals surface area (Å²) < 4.78 is 12.3. The van der Waals surface area contributed by atoms with Crippen LogP contribution >= 0.6 is 0 Å². The molecule has 1 aliphatic rings. The van der Waals surface area contributed by atoms with Crippen LogP contribution in [0.3, 0.4) is 0 Å². The fourth-order valence-electron chi connectivity index (χ4n) is 3.83. The second kappa shape index (κ2) is 13.0. The number of likely N-dealkylation sites (tertiary alicyclic amines) is 1. The van der Waals surface area contributed by atoms with Crippen molar-refractivity contribution in [1.29, 1.82) is 0 Å². The van der Waals surface area contributed by atoms with Crippen molar-refractivity contribution in [2.24, 2.45) is 0 Å². The van der Waals surface area contributed by atoms with Crippen molar-refractivity contribution in [1.82, 2.24) is 4.90 Å². The van der Waals surface area contributed by atoms with E-state index in [1.165, 1.54) is 5.56 Å². The number of aldehydes is 1. The summed E-state index contributed by atoms with van der Waals surface area (Å²) in [6.07, 6.45) is 8.32. The van der Waals surface area contributed by atoms with E-state index >= 15 is 0 Å². The molecular formula is C23H37NO3. The minimum Gasteiger partial charge on any atom is -0.380 e. The Labute approximate surface area is 165 Å². The van der Waals surface area contributed by atoms with Gasteiger partial charge in [-0.3, -0.25) is 4.90 Å². The molecule has 0 aromatic heterocycles. The van der Waals surface area contributed by atoms with Crippen LogP contribution in [0.1, 0.15) is 64.4 Å². The minimum absolute atomic E-state index is 0.185. The van der Waals surface area contributed by atoms with Gasteiger partial charge in [0.1, 0.15) is 6.29 Å². The van der Waals surface area contributed by atoms with Crippen LogP contribution in [0.4, 0.5) is 0 Å². The topological polar surface area (TPSA) is 38.8 Å². The highest BCUT2D eigenvalue weighted by molar-refractivity contribution is 5.50. The van der Waals surface area contributed by atoms with E-state index in [2.05, 4.69) is 43.0 Å². The van der Waals surface area contributed by atoms with Gasteiger partial charge < -0.3 is 14.3 Å².